The molecule has 1 aliphatic carbocycles. The van der Waals surface area contributed by atoms with Crippen molar-refractivity contribution in [1.82, 2.24) is 28.6 Å². The van der Waals surface area contributed by atoms with Gasteiger partial charge in [-0.2, -0.15) is 4.39 Å². The fraction of sp³-hybridized carbons (Fsp3) is 0.387. The maximum absolute atomic E-state index is 15.1. The van der Waals surface area contributed by atoms with E-state index in [0.717, 1.165) is 52.9 Å². The van der Waals surface area contributed by atoms with Crippen molar-refractivity contribution in [2.45, 2.75) is 44.8 Å². The number of rotatable bonds is 10. The van der Waals surface area contributed by atoms with Crippen molar-refractivity contribution in [1.29, 1.82) is 0 Å². The molecule has 1 saturated carbocycles. The van der Waals surface area contributed by atoms with Crippen LogP contribution in [0.25, 0.3) is 33.5 Å². The monoisotopic (exact) mass is 573 g/mol. The van der Waals surface area contributed by atoms with Crippen molar-refractivity contribution < 1.29 is 18.3 Å². The topological polar surface area (TPSA) is 96.1 Å². The van der Waals surface area contributed by atoms with Crippen LogP contribution in [0.4, 0.5) is 8.78 Å². The molecule has 1 unspecified atom stereocenters. The number of halogens is 2. The van der Waals surface area contributed by atoms with E-state index in [4.69, 9.17) is 15.5 Å². The number of nitrogens with zero attached hydrogens (tertiary/aromatic N) is 6. The zero-order valence-electron chi connectivity index (χ0n) is 23.4. The lowest BCUT2D eigenvalue weighted by atomic mass is 9.97. The Kier molecular flexibility index (Phi) is 6.69. The molecule has 2 atom stereocenters. The molecule has 0 spiro atoms. The summed E-state index contributed by atoms with van der Waals surface area (Å²) in [7, 11) is 1.98. The number of amides is 1. The molecule has 3 aromatic heterocycles. The SMILES string of the molecule is Cn1c(-c2cc3cccc(O[C@@H](F)Cn4ccnc4)c3n2CC2CC2)nc2cc3c(cc21)CCN(CC(N)CF)C3=O. The highest BCUT2D eigenvalue weighted by Crippen LogP contribution is 2.40. The first-order valence-electron chi connectivity index (χ1n) is 14.4. The number of hydrogen-bond acceptors (Lipinski definition) is 5. The Morgan fingerprint density at radius 1 is 1.19 bits per heavy atom. The van der Waals surface area contributed by atoms with Crippen LogP contribution in [0, 0.1) is 5.92 Å². The number of alkyl halides is 2. The average molecular weight is 574 g/mol. The lowest BCUT2D eigenvalue weighted by Crippen LogP contribution is -2.45. The van der Waals surface area contributed by atoms with E-state index < -0.39 is 19.1 Å². The molecule has 2 aliphatic rings. The molecule has 5 aromatic rings. The molecule has 0 bridgehead atoms. The first-order valence-corrected chi connectivity index (χ1v) is 14.4. The number of ether oxygens (including phenoxy) is 1. The van der Waals surface area contributed by atoms with Crippen molar-refractivity contribution in [2.75, 3.05) is 19.8 Å². The molecule has 2 N–H and O–H groups in total. The van der Waals surface area contributed by atoms with Crippen LogP contribution in [0.15, 0.2) is 55.1 Å². The predicted octanol–water partition coefficient (Wildman–Crippen LogP) is 4.47. The minimum Gasteiger partial charge on any atom is -0.456 e. The van der Waals surface area contributed by atoms with Crippen LogP contribution < -0.4 is 10.5 Å². The third kappa shape index (κ3) is 4.81. The first-order chi connectivity index (χ1) is 20.4. The van der Waals surface area contributed by atoms with Gasteiger partial charge in [0.2, 0.25) is 0 Å². The molecule has 1 aliphatic heterocycles. The van der Waals surface area contributed by atoms with Crippen LogP contribution in [0.1, 0.15) is 28.8 Å². The Labute approximate surface area is 241 Å². The third-order valence-corrected chi connectivity index (χ3v) is 8.35. The number of carbonyl (C=O) groups excluding carboxylic acids is 1. The number of hydrogen-bond donors (Lipinski definition) is 1. The van der Waals surface area contributed by atoms with Gasteiger partial charge in [-0.1, -0.05) is 12.1 Å². The summed E-state index contributed by atoms with van der Waals surface area (Å²) in [6, 6.07) is 11.0. The second kappa shape index (κ2) is 10.5. The van der Waals surface area contributed by atoms with E-state index in [1.54, 1.807) is 28.2 Å². The molecule has 11 heteroatoms. The second-order valence-electron chi connectivity index (χ2n) is 11.5. The van der Waals surface area contributed by atoms with Crippen LogP contribution in [0.5, 0.6) is 5.75 Å². The highest BCUT2D eigenvalue weighted by Gasteiger charge is 2.29. The Morgan fingerprint density at radius 2 is 2.05 bits per heavy atom. The van der Waals surface area contributed by atoms with Gasteiger partial charge in [-0.25, -0.2) is 14.4 Å². The summed E-state index contributed by atoms with van der Waals surface area (Å²) in [6.07, 6.45) is 6.31. The summed E-state index contributed by atoms with van der Waals surface area (Å²) in [5.41, 5.74) is 10.7. The van der Waals surface area contributed by atoms with Gasteiger partial charge < -0.3 is 29.1 Å². The minimum atomic E-state index is -1.55. The molecule has 0 saturated heterocycles. The Hall–Kier alpha value is -4.25. The summed E-state index contributed by atoms with van der Waals surface area (Å²) < 4.78 is 39.9. The number of aromatic nitrogens is 5. The molecular formula is C31H33F2N7O2. The summed E-state index contributed by atoms with van der Waals surface area (Å²) >= 11 is 0. The molecule has 9 nitrogen and oxygen atoms in total. The predicted molar refractivity (Wildman–Crippen MR) is 156 cm³/mol. The van der Waals surface area contributed by atoms with E-state index in [-0.39, 0.29) is 19.0 Å². The molecule has 0 radical (unpaired) electrons. The van der Waals surface area contributed by atoms with E-state index >= 15 is 4.39 Å². The fourth-order valence-electron chi connectivity index (χ4n) is 6.00. The van der Waals surface area contributed by atoms with Gasteiger partial charge >= 0.3 is 0 Å². The zero-order chi connectivity index (χ0) is 29.0. The van der Waals surface area contributed by atoms with E-state index in [2.05, 4.69) is 20.2 Å². The largest absolute Gasteiger partial charge is 0.456 e. The average Bonchev–Trinajstić information content (AvgIpc) is 3.36. The minimum absolute atomic E-state index is 0.0395. The lowest BCUT2D eigenvalue weighted by molar-refractivity contribution is 0.0523. The number of fused-ring (bicyclic) bond motifs is 3. The highest BCUT2D eigenvalue weighted by atomic mass is 19.1. The summed E-state index contributed by atoms with van der Waals surface area (Å²) in [5, 5.41) is 0.944. The number of para-hydroxylation sites is 1. The Balaban J connectivity index is 1.28. The van der Waals surface area contributed by atoms with Crippen LogP contribution in [-0.2, 0) is 26.6 Å². The van der Waals surface area contributed by atoms with E-state index in [0.29, 0.717) is 35.7 Å². The third-order valence-electron chi connectivity index (χ3n) is 8.35. The summed E-state index contributed by atoms with van der Waals surface area (Å²) in [4.78, 5) is 23.9. The molecule has 1 fully saturated rings. The zero-order valence-corrected chi connectivity index (χ0v) is 23.4. The van der Waals surface area contributed by atoms with Crippen molar-refractivity contribution in [3.63, 3.8) is 0 Å². The van der Waals surface area contributed by atoms with Gasteiger partial charge in [0.25, 0.3) is 12.3 Å². The fourth-order valence-corrected chi connectivity index (χ4v) is 6.00. The quantitative estimate of drug-likeness (QED) is 0.266. The second-order valence-corrected chi connectivity index (χ2v) is 11.5. The van der Waals surface area contributed by atoms with Gasteiger partial charge in [0.1, 0.15) is 12.4 Å². The van der Waals surface area contributed by atoms with E-state index in [9.17, 15) is 9.18 Å². The normalized spacial score (nSPS) is 16.8. The summed E-state index contributed by atoms with van der Waals surface area (Å²) in [6.45, 7) is 0.841. The number of imidazole rings is 2. The highest BCUT2D eigenvalue weighted by molar-refractivity contribution is 6.01. The molecule has 2 aromatic carbocycles. The van der Waals surface area contributed by atoms with Crippen LogP contribution in [0.2, 0.25) is 0 Å². The van der Waals surface area contributed by atoms with Gasteiger partial charge in [-0.15, -0.1) is 0 Å². The van der Waals surface area contributed by atoms with Crippen molar-refractivity contribution in [3.8, 4) is 17.3 Å². The van der Waals surface area contributed by atoms with Gasteiger partial charge in [0, 0.05) is 50.0 Å². The van der Waals surface area contributed by atoms with Gasteiger partial charge in [0.05, 0.1) is 41.2 Å². The number of aryl methyl sites for hydroxylation is 1. The van der Waals surface area contributed by atoms with Crippen LogP contribution in [-0.4, -0.2) is 66.6 Å². The molecule has 7 rings (SSSR count). The number of carbonyl (C=O) groups is 1. The van der Waals surface area contributed by atoms with E-state index in [1.165, 1.54) is 0 Å². The maximum atomic E-state index is 15.1. The molecule has 1 amide bonds. The van der Waals surface area contributed by atoms with Gasteiger partial charge in [-0.3, -0.25) is 4.79 Å². The van der Waals surface area contributed by atoms with Crippen LogP contribution >= 0.6 is 0 Å². The summed E-state index contributed by atoms with van der Waals surface area (Å²) in [5.74, 6) is 1.64. The molecule has 218 valence electrons. The van der Waals surface area contributed by atoms with Crippen LogP contribution in [0.3, 0.4) is 0 Å². The van der Waals surface area contributed by atoms with Crippen molar-refractivity contribution in [3.05, 3.63) is 66.2 Å². The number of benzene rings is 2. The van der Waals surface area contributed by atoms with Gasteiger partial charge in [0.15, 0.2) is 5.82 Å². The number of nitrogens with two attached hydrogens (primary N) is 1. The molecule has 4 heterocycles. The smallest absolute Gasteiger partial charge is 0.256 e. The molecular weight excluding hydrogens is 540 g/mol. The lowest BCUT2D eigenvalue weighted by Gasteiger charge is -2.30. The van der Waals surface area contributed by atoms with Crippen molar-refractivity contribution >= 4 is 27.8 Å². The molecule has 42 heavy (non-hydrogen) atoms. The maximum Gasteiger partial charge on any atom is 0.256 e. The Morgan fingerprint density at radius 3 is 2.81 bits per heavy atom. The first kappa shape index (κ1) is 26.6. The Bertz CT molecular complexity index is 1770. The van der Waals surface area contributed by atoms with E-state index in [1.807, 2.05) is 37.4 Å². The van der Waals surface area contributed by atoms with Crippen molar-refractivity contribution in [2.24, 2.45) is 18.7 Å². The standard InChI is InChI=1S/C31H33F2N7O2/c1-37-25-11-20-7-9-39(16-22(34)14-32)31(41)23(20)13-24(25)36-30(37)26-12-21-3-2-4-27(29(21)40(26)15-19-5-6-19)42-28(33)17-38-10-8-35-18-38/h2-4,8,10-13,18-19,22,28H,5-7,9,14-17,34H2,1H3/t22?,28-/m1/s1. The van der Waals surface area contributed by atoms with Gasteiger partial charge in [-0.05, 0) is 55.0 Å².